The van der Waals surface area contributed by atoms with Crippen molar-refractivity contribution in [2.24, 2.45) is 0 Å². The highest BCUT2D eigenvalue weighted by Crippen LogP contribution is 2.32. The Balaban J connectivity index is 1.70. The van der Waals surface area contributed by atoms with Gasteiger partial charge in [0.2, 0.25) is 0 Å². The zero-order chi connectivity index (χ0) is 19.6. The molecule has 7 heteroatoms. The van der Waals surface area contributed by atoms with Crippen LogP contribution in [0.3, 0.4) is 0 Å². The van der Waals surface area contributed by atoms with Gasteiger partial charge in [-0.25, -0.2) is 0 Å². The normalized spacial score (nSPS) is 15.6. The van der Waals surface area contributed by atoms with Gasteiger partial charge in [0.25, 0.3) is 11.1 Å². The van der Waals surface area contributed by atoms with E-state index in [9.17, 15) is 9.59 Å². The van der Waals surface area contributed by atoms with E-state index in [-0.39, 0.29) is 17.8 Å². The van der Waals surface area contributed by atoms with Crippen molar-refractivity contribution < 1.29 is 9.59 Å². The number of nitrogens with one attached hydrogen (secondary N) is 1. The monoisotopic (exact) mass is 445 g/mol. The molecule has 0 spiro atoms. The molecule has 3 rings (SSSR count). The fraction of sp³-hybridized carbons (Fsp3) is 0.200. The van der Waals surface area contributed by atoms with Gasteiger partial charge in [-0.3, -0.25) is 14.5 Å². The van der Waals surface area contributed by atoms with Crippen molar-refractivity contribution in [1.29, 1.82) is 0 Å². The number of rotatable bonds is 5. The SMILES string of the molecule is Cc1cc(Br)ccc1NCN1C(=O)SC(=Cc2ccc(N(C)C)cc2)C1=O. The summed E-state index contributed by atoms with van der Waals surface area (Å²) in [5, 5.41) is 2.90. The largest absolute Gasteiger partial charge is 0.378 e. The van der Waals surface area contributed by atoms with Crippen molar-refractivity contribution in [2.45, 2.75) is 6.92 Å². The van der Waals surface area contributed by atoms with Gasteiger partial charge in [-0.1, -0.05) is 28.1 Å². The molecule has 1 fully saturated rings. The number of hydrogen-bond acceptors (Lipinski definition) is 5. The highest BCUT2D eigenvalue weighted by molar-refractivity contribution is 9.10. The molecule has 140 valence electrons. The average molecular weight is 446 g/mol. The highest BCUT2D eigenvalue weighted by atomic mass is 79.9. The van der Waals surface area contributed by atoms with Gasteiger partial charge >= 0.3 is 0 Å². The minimum Gasteiger partial charge on any atom is -0.378 e. The first-order valence-corrected chi connectivity index (χ1v) is 9.99. The van der Waals surface area contributed by atoms with Crippen LogP contribution in [0.2, 0.25) is 0 Å². The van der Waals surface area contributed by atoms with Crippen molar-refractivity contribution in [3.05, 3.63) is 63.0 Å². The third-order valence-corrected chi connectivity index (χ3v) is 5.60. The molecule has 5 nitrogen and oxygen atoms in total. The molecule has 1 aliphatic heterocycles. The topological polar surface area (TPSA) is 52.7 Å². The van der Waals surface area contributed by atoms with Crippen LogP contribution in [0.25, 0.3) is 6.08 Å². The summed E-state index contributed by atoms with van der Waals surface area (Å²) in [7, 11) is 3.95. The lowest BCUT2D eigenvalue weighted by Gasteiger charge is -2.16. The lowest BCUT2D eigenvalue weighted by Crippen LogP contribution is -2.33. The van der Waals surface area contributed by atoms with E-state index in [4.69, 9.17) is 0 Å². The summed E-state index contributed by atoms with van der Waals surface area (Å²) in [6.45, 7) is 2.11. The number of nitrogens with zero attached hydrogens (tertiary/aromatic N) is 2. The molecule has 0 radical (unpaired) electrons. The lowest BCUT2D eigenvalue weighted by atomic mass is 10.2. The van der Waals surface area contributed by atoms with Crippen LogP contribution >= 0.6 is 27.7 Å². The standard InChI is InChI=1S/C20H20BrN3O2S/c1-13-10-15(21)6-9-17(13)22-12-24-19(25)18(27-20(24)26)11-14-4-7-16(8-5-14)23(2)3/h4-11,22H,12H2,1-3H3. The first-order valence-electron chi connectivity index (χ1n) is 8.38. The van der Waals surface area contributed by atoms with E-state index in [2.05, 4.69) is 21.2 Å². The van der Waals surface area contributed by atoms with Crippen molar-refractivity contribution in [3.8, 4) is 0 Å². The quantitative estimate of drug-likeness (QED) is 0.661. The molecule has 1 N–H and O–H groups in total. The van der Waals surface area contributed by atoms with E-state index in [0.29, 0.717) is 4.91 Å². The van der Waals surface area contributed by atoms with Crippen LogP contribution in [0.15, 0.2) is 51.8 Å². The molecule has 1 aliphatic rings. The number of carbonyl (C=O) groups excluding carboxylic acids is 2. The summed E-state index contributed by atoms with van der Waals surface area (Å²) >= 11 is 4.39. The molecule has 2 amide bonds. The molecule has 1 heterocycles. The van der Waals surface area contributed by atoms with Crippen molar-refractivity contribution in [1.82, 2.24) is 4.90 Å². The molecule has 0 atom stereocenters. The zero-order valence-corrected chi connectivity index (χ0v) is 17.7. The van der Waals surface area contributed by atoms with Crippen LogP contribution in [0, 0.1) is 6.92 Å². The summed E-state index contributed by atoms with van der Waals surface area (Å²) in [5.74, 6) is -0.274. The van der Waals surface area contributed by atoms with Crippen molar-refractivity contribution in [3.63, 3.8) is 0 Å². The Morgan fingerprint density at radius 1 is 1.15 bits per heavy atom. The second-order valence-electron chi connectivity index (χ2n) is 6.39. The third-order valence-electron chi connectivity index (χ3n) is 4.20. The Kier molecular flexibility index (Phi) is 5.92. The average Bonchev–Trinajstić information content (AvgIpc) is 2.88. The van der Waals surface area contributed by atoms with Gasteiger partial charge in [-0.15, -0.1) is 0 Å². The molecule has 2 aromatic rings. The van der Waals surface area contributed by atoms with Crippen LogP contribution in [-0.2, 0) is 4.79 Å². The molecule has 27 heavy (non-hydrogen) atoms. The number of hydrogen-bond donors (Lipinski definition) is 1. The smallest absolute Gasteiger partial charge is 0.295 e. The molecule has 0 bridgehead atoms. The van der Waals surface area contributed by atoms with Gasteiger partial charge in [0, 0.05) is 29.9 Å². The number of benzene rings is 2. The summed E-state index contributed by atoms with van der Waals surface area (Å²) in [6.07, 6.45) is 1.76. The minimum absolute atomic E-state index is 0.143. The van der Waals surface area contributed by atoms with Crippen LogP contribution in [0.1, 0.15) is 11.1 Å². The number of aryl methyl sites for hydroxylation is 1. The highest BCUT2D eigenvalue weighted by Gasteiger charge is 2.34. The summed E-state index contributed by atoms with van der Waals surface area (Å²) in [5.41, 5.74) is 3.89. The Morgan fingerprint density at radius 3 is 2.48 bits per heavy atom. The molecule has 0 saturated carbocycles. The number of anilines is 2. The Morgan fingerprint density at radius 2 is 1.85 bits per heavy atom. The first-order chi connectivity index (χ1) is 12.8. The number of halogens is 1. The number of imide groups is 1. The number of thioether (sulfide) groups is 1. The van der Waals surface area contributed by atoms with Gasteiger partial charge in [0.1, 0.15) is 0 Å². The van der Waals surface area contributed by atoms with E-state index < -0.39 is 0 Å². The van der Waals surface area contributed by atoms with Crippen LogP contribution in [-0.4, -0.2) is 36.8 Å². The van der Waals surface area contributed by atoms with Crippen LogP contribution < -0.4 is 10.2 Å². The molecule has 1 saturated heterocycles. The second kappa shape index (κ2) is 8.19. The number of carbonyl (C=O) groups is 2. The number of amides is 2. The molecule has 0 aliphatic carbocycles. The van der Waals surface area contributed by atoms with Crippen molar-refractivity contribution in [2.75, 3.05) is 31.0 Å². The molecule has 0 aromatic heterocycles. The minimum atomic E-state index is -0.274. The predicted octanol–water partition coefficient (Wildman–Crippen LogP) is 4.93. The predicted molar refractivity (Wildman–Crippen MR) is 116 cm³/mol. The summed E-state index contributed by atoms with van der Waals surface area (Å²) < 4.78 is 0.986. The van der Waals surface area contributed by atoms with E-state index in [1.54, 1.807) is 6.08 Å². The second-order valence-corrected chi connectivity index (χ2v) is 8.30. The molecule has 2 aromatic carbocycles. The van der Waals surface area contributed by atoms with Crippen LogP contribution in [0.5, 0.6) is 0 Å². The fourth-order valence-corrected chi connectivity index (χ4v) is 3.96. The maximum atomic E-state index is 12.6. The van der Waals surface area contributed by atoms with E-state index in [0.717, 1.165) is 38.7 Å². The molecular weight excluding hydrogens is 426 g/mol. The molecule has 0 unspecified atom stereocenters. The van der Waals surface area contributed by atoms with Gasteiger partial charge in [-0.2, -0.15) is 0 Å². The maximum Gasteiger partial charge on any atom is 0.295 e. The van der Waals surface area contributed by atoms with Crippen molar-refractivity contribution >= 4 is 56.3 Å². The lowest BCUT2D eigenvalue weighted by molar-refractivity contribution is -0.122. The van der Waals surface area contributed by atoms with Gasteiger partial charge in [0.05, 0.1) is 11.6 Å². The van der Waals surface area contributed by atoms with Crippen LogP contribution in [0.4, 0.5) is 16.2 Å². The summed E-state index contributed by atoms with van der Waals surface area (Å²) in [4.78, 5) is 28.6. The van der Waals surface area contributed by atoms with Gasteiger partial charge in [0.15, 0.2) is 0 Å². The van der Waals surface area contributed by atoms with E-state index in [1.807, 2.05) is 68.4 Å². The fourth-order valence-electron chi connectivity index (χ4n) is 2.65. The molecular formula is C20H20BrN3O2S. The van der Waals surface area contributed by atoms with E-state index in [1.165, 1.54) is 4.90 Å². The maximum absolute atomic E-state index is 12.6. The first kappa shape index (κ1) is 19.5. The summed E-state index contributed by atoms with van der Waals surface area (Å²) in [6, 6.07) is 13.6. The van der Waals surface area contributed by atoms with E-state index >= 15 is 0 Å². The zero-order valence-electron chi connectivity index (χ0n) is 15.3. The van der Waals surface area contributed by atoms with Gasteiger partial charge < -0.3 is 10.2 Å². The Hall–Kier alpha value is -2.25. The third kappa shape index (κ3) is 4.54. The Labute approximate surface area is 171 Å². The Bertz CT molecular complexity index is 910. The van der Waals surface area contributed by atoms with Gasteiger partial charge in [-0.05, 0) is 66.2 Å².